The molecule has 124 valence electrons. The summed E-state index contributed by atoms with van der Waals surface area (Å²) in [5.74, 6) is 1.40. The fourth-order valence-corrected chi connectivity index (χ4v) is 3.78. The second-order valence-corrected chi connectivity index (χ2v) is 7.10. The maximum absolute atomic E-state index is 10.7. The van der Waals surface area contributed by atoms with Crippen molar-refractivity contribution >= 4 is 34.4 Å². The Kier molecular flexibility index (Phi) is 4.16. The number of rotatable bonds is 5. The molecule has 0 aliphatic heterocycles. The predicted molar refractivity (Wildman–Crippen MR) is 96.8 cm³/mol. The molecule has 4 aromatic rings. The molecule has 4 rings (SSSR count). The van der Waals surface area contributed by atoms with E-state index in [1.54, 1.807) is 39.7 Å². The summed E-state index contributed by atoms with van der Waals surface area (Å²) in [5.41, 5.74) is 1.79. The van der Waals surface area contributed by atoms with Gasteiger partial charge in [0.1, 0.15) is 5.03 Å². The summed E-state index contributed by atoms with van der Waals surface area (Å²) in [4.78, 5) is 11.3. The van der Waals surface area contributed by atoms with Crippen LogP contribution in [0.5, 0.6) is 0 Å². The number of thioether (sulfide) groups is 1. The van der Waals surface area contributed by atoms with Crippen LogP contribution in [-0.4, -0.2) is 24.7 Å². The Labute approximate surface area is 150 Å². The van der Waals surface area contributed by atoms with Crippen molar-refractivity contribution in [2.24, 2.45) is 0 Å². The van der Waals surface area contributed by atoms with E-state index in [4.69, 9.17) is 0 Å². The number of aromatic nitrogens is 4. The quantitative estimate of drug-likeness (QED) is 0.300. The molecule has 0 amide bonds. The van der Waals surface area contributed by atoms with Crippen LogP contribution in [0.4, 0.5) is 5.69 Å². The van der Waals surface area contributed by atoms with Gasteiger partial charge in [-0.15, -0.1) is 21.5 Å². The summed E-state index contributed by atoms with van der Waals surface area (Å²) >= 11 is 3.15. The number of nitro groups is 1. The molecule has 3 heterocycles. The first kappa shape index (κ1) is 15.7. The summed E-state index contributed by atoms with van der Waals surface area (Å²) < 4.78 is 1.74. The minimum absolute atomic E-state index is 0.0957. The number of nitrogens with zero attached hydrogens (tertiary/aromatic N) is 5. The van der Waals surface area contributed by atoms with Crippen molar-refractivity contribution in [3.05, 3.63) is 69.6 Å². The van der Waals surface area contributed by atoms with E-state index < -0.39 is 4.92 Å². The number of thiophene rings is 1. The molecule has 0 radical (unpaired) electrons. The third kappa shape index (κ3) is 3.24. The van der Waals surface area contributed by atoms with E-state index in [0.717, 1.165) is 21.3 Å². The molecule has 3 aromatic heterocycles. The number of hydrogen-bond donors (Lipinski definition) is 0. The third-order valence-electron chi connectivity index (χ3n) is 3.51. The maximum atomic E-state index is 10.7. The van der Waals surface area contributed by atoms with Gasteiger partial charge < -0.3 is 0 Å². The smallest absolute Gasteiger partial charge is 0.258 e. The van der Waals surface area contributed by atoms with E-state index in [2.05, 4.69) is 15.3 Å². The van der Waals surface area contributed by atoms with E-state index in [1.165, 1.54) is 12.1 Å². The first-order valence-corrected chi connectivity index (χ1v) is 9.20. The number of non-ortho nitro benzene ring substituents is 1. The predicted octanol–water partition coefficient (Wildman–Crippen LogP) is 4.05. The topological polar surface area (TPSA) is 86.2 Å². The molecule has 0 fully saturated rings. The van der Waals surface area contributed by atoms with Crippen molar-refractivity contribution in [3.63, 3.8) is 0 Å². The molecular weight excluding hydrogens is 358 g/mol. The van der Waals surface area contributed by atoms with Gasteiger partial charge in [0.15, 0.2) is 11.5 Å². The lowest BCUT2D eigenvalue weighted by molar-refractivity contribution is -0.384. The lowest BCUT2D eigenvalue weighted by Gasteiger charge is -2.03. The number of nitro benzene ring substituents is 1. The second kappa shape index (κ2) is 6.61. The van der Waals surface area contributed by atoms with Crippen LogP contribution in [0.25, 0.3) is 16.3 Å². The van der Waals surface area contributed by atoms with Crippen LogP contribution in [0.15, 0.2) is 58.9 Å². The second-order valence-electron chi connectivity index (χ2n) is 5.15. The van der Waals surface area contributed by atoms with Gasteiger partial charge in [0.05, 0.1) is 9.80 Å². The highest BCUT2D eigenvalue weighted by Gasteiger charge is 2.11. The van der Waals surface area contributed by atoms with Gasteiger partial charge in [-0.1, -0.05) is 30.0 Å². The lowest BCUT2D eigenvalue weighted by atomic mass is 10.2. The van der Waals surface area contributed by atoms with Crippen molar-refractivity contribution < 1.29 is 4.92 Å². The average molecular weight is 369 g/mol. The largest absolute Gasteiger partial charge is 0.269 e. The summed E-state index contributed by atoms with van der Waals surface area (Å²) in [5, 5.41) is 26.5. The van der Waals surface area contributed by atoms with Gasteiger partial charge >= 0.3 is 0 Å². The number of hydrogen-bond acceptors (Lipinski definition) is 7. The van der Waals surface area contributed by atoms with Crippen molar-refractivity contribution in [1.82, 2.24) is 19.8 Å². The molecule has 0 N–H and O–H groups in total. The van der Waals surface area contributed by atoms with Gasteiger partial charge in [0.25, 0.3) is 5.69 Å². The van der Waals surface area contributed by atoms with E-state index in [9.17, 15) is 10.1 Å². The van der Waals surface area contributed by atoms with E-state index in [0.29, 0.717) is 11.4 Å². The number of fused-ring (bicyclic) bond motifs is 1. The van der Waals surface area contributed by atoms with Gasteiger partial charge in [-0.05, 0) is 29.1 Å². The maximum Gasteiger partial charge on any atom is 0.269 e. The van der Waals surface area contributed by atoms with Crippen molar-refractivity contribution in [2.45, 2.75) is 10.8 Å². The fourth-order valence-electron chi connectivity index (χ4n) is 2.28. The summed E-state index contributed by atoms with van der Waals surface area (Å²) in [6.07, 6.45) is 0. The Morgan fingerprint density at radius 3 is 2.68 bits per heavy atom. The highest BCUT2D eigenvalue weighted by Crippen LogP contribution is 2.26. The standard InChI is InChI=1S/C16H11N5O2S2/c22-21(23)12-5-3-11(4-6-12)10-25-15-8-7-14-17-18-16(20(14)19-15)13-2-1-9-24-13/h1-9H,10H2. The molecule has 0 unspecified atom stereocenters. The Morgan fingerprint density at radius 1 is 1.12 bits per heavy atom. The Morgan fingerprint density at radius 2 is 1.96 bits per heavy atom. The molecule has 0 saturated heterocycles. The van der Waals surface area contributed by atoms with Gasteiger partial charge in [0.2, 0.25) is 0 Å². The fraction of sp³-hybridized carbons (Fsp3) is 0.0625. The van der Waals surface area contributed by atoms with Crippen LogP contribution in [0.1, 0.15) is 5.56 Å². The van der Waals surface area contributed by atoms with Crippen molar-refractivity contribution in [1.29, 1.82) is 0 Å². The van der Waals surface area contributed by atoms with Gasteiger partial charge in [-0.25, -0.2) is 0 Å². The molecule has 0 bridgehead atoms. The first-order valence-electron chi connectivity index (χ1n) is 7.33. The van der Waals surface area contributed by atoms with E-state index in [-0.39, 0.29) is 5.69 Å². The summed E-state index contributed by atoms with van der Waals surface area (Å²) in [6.45, 7) is 0. The monoisotopic (exact) mass is 369 g/mol. The zero-order valence-corrected chi connectivity index (χ0v) is 14.4. The normalized spacial score (nSPS) is 11.0. The molecule has 0 spiro atoms. The van der Waals surface area contributed by atoms with Gasteiger partial charge in [-0.3, -0.25) is 10.1 Å². The highest BCUT2D eigenvalue weighted by atomic mass is 32.2. The lowest BCUT2D eigenvalue weighted by Crippen LogP contribution is -1.96. The first-order chi connectivity index (χ1) is 12.2. The summed E-state index contributed by atoms with van der Waals surface area (Å²) in [7, 11) is 0. The molecule has 25 heavy (non-hydrogen) atoms. The van der Waals surface area contributed by atoms with Crippen LogP contribution < -0.4 is 0 Å². The molecule has 1 aromatic carbocycles. The minimum Gasteiger partial charge on any atom is -0.258 e. The Bertz CT molecular complexity index is 1030. The molecule has 0 atom stereocenters. The Balaban J connectivity index is 1.55. The summed E-state index contributed by atoms with van der Waals surface area (Å²) in [6, 6.07) is 14.3. The third-order valence-corrected chi connectivity index (χ3v) is 5.37. The minimum atomic E-state index is -0.398. The van der Waals surface area contributed by atoms with Gasteiger partial charge in [0, 0.05) is 17.9 Å². The van der Waals surface area contributed by atoms with Crippen molar-refractivity contribution in [2.75, 3.05) is 0 Å². The average Bonchev–Trinajstić information content (AvgIpc) is 3.29. The van der Waals surface area contributed by atoms with Gasteiger partial charge in [-0.2, -0.15) is 9.61 Å². The van der Waals surface area contributed by atoms with E-state index >= 15 is 0 Å². The zero-order chi connectivity index (χ0) is 17.2. The van der Waals surface area contributed by atoms with E-state index in [1.807, 2.05) is 29.6 Å². The molecule has 0 saturated carbocycles. The van der Waals surface area contributed by atoms with Crippen LogP contribution in [-0.2, 0) is 5.75 Å². The van der Waals surface area contributed by atoms with Crippen LogP contribution in [0.2, 0.25) is 0 Å². The highest BCUT2D eigenvalue weighted by molar-refractivity contribution is 7.98. The van der Waals surface area contributed by atoms with Crippen LogP contribution in [0.3, 0.4) is 0 Å². The number of benzene rings is 1. The van der Waals surface area contributed by atoms with Crippen LogP contribution in [0, 0.1) is 10.1 Å². The molecule has 0 aliphatic carbocycles. The zero-order valence-electron chi connectivity index (χ0n) is 12.8. The van der Waals surface area contributed by atoms with Crippen LogP contribution >= 0.6 is 23.1 Å². The molecular formula is C16H11N5O2S2. The SMILES string of the molecule is O=[N+]([O-])c1ccc(CSc2ccc3nnc(-c4cccs4)n3n2)cc1. The molecule has 7 nitrogen and oxygen atoms in total. The molecule has 9 heteroatoms. The Hall–Kier alpha value is -2.78. The molecule has 0 aliphatic rings. The van der Waals surface area contributed by atoms with Crippen molar-refractivity contribution in [3.8, 4) is 10.7 Å².